The van der Waals surface area contributed by atoms with Gasteiger partial charge in [-0.25, -0.2) is 22.9 Å². The molecule has 2 aliphatic heterocycles. The normalized spacial score (nSPS) is 29.3. The Balaban J connectivity index is 1.57. The van der Waals surface area contributed by atoms with Crippen LogP contribution in [-0.2, 0) is 15.3 Å². The predicted molar refractivity (Wildman–Crippen MR) is 134 cm³/mol. The Morgan fingerprint density at radius 3 is 2.67 bits per heavy atom. The number of amides is 1. The molecule has 11 heteroatoms. The van der Waals surface area contributed by atoms with E-state index >= 15 is 4.39 Å². The number of nitriles is 1. The Kier molecular flexibility index (Phi) is 5.27. The number of anilines is 1. The van der Waals surface area contributed by atoms with E-state index in [2.05, 4.69) is 15.3 Å². The van der Waals surface area contributed by atoms with Gasteiger partial charge in [-0.1, -0.05) is 0 Å². The second-order valence-corrected chi connectivity index (χ2v) is 13.7. The zero-order valence-corrected chi connectivity index (χ0v) is 21.4. The summed E-state index contributed by atoms with van der Waals surface area (Å²) >= 11 is 0. The van der Waals surface area contributed by atoms with Crippen LogP contribution < -0.4 is 11.1 Å². The molecule has 1 spiro atoms. The zero-order valence-electron chi connectivity index (χ0n) is 20.6. The van der Waals surface area contributed by atoms with E-state index in [1.165, 1.54) is 18.3 Å². The van der Waals surface area contributed by atoms with Crippen molar-refractivity contribution in [2.45, 2.75) is 62.5 Å². The molecule has 0 bridgehead atoms. The van der Waals surface area contributed by atoms with Crippen molar-refractivity contribution in [2.24, 2.45) is 20.5 Å². The first-order valence-corrected chi connectivity index (χ1v) is 13.4. The highest BCUT2D eigenvalue weighted by molar-refractivity contribution is 7.96. The summed E-state index contributed by atoms with van der Waals surface area (Å²) in [4.78, 5) is 26.2. The van der Waals surface area contributed by atoms with Crippen LogP contribution in [0.1, 0.15) is 67.3 Å². The number of carbonyl (C=O) groups is 1. The van der Waals surface area contributed by atoms with Crippen molar-refractivity contribution < 1.29 is 13.4 Å². The van der Waals surface area contributed by atoms with Gasteiger partial charge in [0.15, 0.2) is 0 Å². The quantitative estimate of drug-likeness (QED) is 0.648. The van der Waals surface area contributed by atoms with Gasteiger partial charge >= 0.3 is 0 Å². The van der Waals surface area contributed by atoms with E-state index in [0.717, 1.165) is 12.8 Å². The molecule has 188 valence electrons. The van der Waals surface area contributed by atoms with Gasteiger partial charge in [0.05, 0.1) is 27.1 Å². The molecule has 0 unspecified atom stereocenters. The predicted octanol–water partition coefficient (Wildman–Crippen LogP) is 3.43. The molecule has 9 nitrogen and oxygen atoms in total. The van der Waals surface area contributed by atoms with E-state index in [9.17, 15) is 9.00 Å². The second kappa shape index (κ2) is 7.80. The van der Waals surface area contributed by atoms with E-state index in [1.807, 2.05) is 6.07 Å². The zero-order chi connectivity index (χ0) is 26.1. The van der Waals surface area contributed by atoms with E-state index < -0.39 is 37.0 Å². The molecule has 1 aliphatic carbocycles. The number of hydrogen-bond acceptors (Lipinski definition) is 8. The molecule has 0 radical (unpaired) electrons. The van der Waals surface area contributed by atoms with Gasteiger partial charge in [0.2, 0.25) is 0 Å². The summed E-state index contributed by atoms with van der Waals surface area (Å²) in [5.74, 6) is -0.929. The Bertz CT molecular complexity index is 1500. The summed E-state index contributed by atoms with van der Waals surface area (Å²) in [6.45, 7) is 7.45. The lowest BCUT2D eigenvalue weighted by Gasteiger charge is -2.49. The number of fused-ring (bicyclic) bond motifs is 1. The number of aliphatic imine (C=N–C) groups is 1. The molecule has 5 rings (SSSR count). The minimum absolute atomic E-state index is 0.0222. The van der Waals surface area contributed by atoms with E-state index in [-0.39, 0.29) is 28.5 Å². The van der Waals surface area contributed by atoms with Crippen LogP contribution in [0, 0.1) is 29.5 Å². The van der Waals surface area contributed by atoms with Crippen molar-refractivity contribution in [3.8, 4) is 6.07 Å². The van der Waals surface area contributed by atoms with Crippen LogP contribution in [0.25, 0.3) is 0 Å². The summed E-state index contributed by atoms with van der Waals surface area (Å²) in [5, 5.41) is 11.1. The average molecular weight is 510 g/mol. The van der Waals surface area contributed by atoms with Gasteiger partial charge in [0, 0.05) is 6.20 Å². The van der Waals surface area contributed by atoms with Crippen molar-refractivity contribution in [3.63, 3.8) is 0 Å². The van der Waals surface area contributed by atoms with Crippen molar-refractivity contribution in [3.05, 3.63) is 52.7 Å². The minimum Gasteiger partial charge on any atom is -0.386 e. The Morgan fingerprint density at radius 2 is 2.03 bits per heavy atom. The van der Waals surface area contributed by atoms with Crippen LogP contribution in [0.15, 0.2) is 33.8 Å². The highest BCUT2D eigenvalue weighted by atomic mass is 32.2. The first-order chi connectivity index (χ1) is 16.8. The third-order valence-electron chi connectivity index (χ3n) is 7.87. The fourth-order valence-electron chi connectivity index (χ4n) is 5.19. The van der Waals surface area contributed by atoms with Crippen molar-refractivity contribution >= 4 is 27.3 Å². The van der Waals surface area contributed by atoms with Gasteiger partial charge in [0.1, 0.15) is 45.2 Å². The summed E-state index contributed by atoms with van der Waals surface area (Å²) < 4.78 is 33.5. The van der Waals surface area contributed by atoms with Gasteiger partial charge in [0.25, 0.3) is 5.91 Å². The Hall–Kier alpha value is -3.39. The van der Waals surface area contributed by atoms with Crippen molar-refractivity contribution in [2.75, 3.05) is 11.9 Å². The molecule has 3 aliphatic rings. The largest absolute Gasteiger partial charge is 0.386 e. The van der Waals surface area contributed by atoms with Crippen molar-refractivity contribution in [1.29, 1.82) is 5.26 Å². The third kappa shape index (κ3) is 3.50. The molecule has 1 fully saturated rings. The molecule has 1 saturated carbocycles. The lowest BCUT2D eigenvalue weighted by molar-refractivity contribution is 0.102. The standard InChI is InChI=1S/C25H28FN7O2S/c1-14-9-15(11-27)12-29-19(14)21(34)32-18-6-5-16(26)20(31-18)24(4)17-10-25(7-8-25)13-30-36(17,35)23(2,3)22(28)33-24/h5-6,9,12,17H,7-8,10,13H2,1-4H3,(H2,28,33)(H,31,32,34)/t17-,24-,36+/m0/s1. The number of nitrogens with two attached hydrogens (primary N) is 1. The van der Waals surface area contributed by atoms with Gasteiger partial charge in [-0.15, -0.1) is 0 Å². The summed E-state index contributed by atoms with van der Waals surface area (Å²) in [6, 6.07) is 6.10. The first-order valence-electron chi connectivity index (χ1n) is 11.8. The molecule has 3 N–H and O–H groups in total. The number of nitrogens with zero attached hydrogens (tertiary/aromatic N) is 5. The molecule has 0 aromatic carbocycles. The second-order valence-electron chi connectivity index (χ2n) is 10.7. The highest BCUT2D eigenvalue weighted by Crippen LogP contribution is 2.58. The first kappa shape index (κ1) is 24.3. The van der Waals surface area contributed by atoms with E-state index in [4.69, 9.17) is 20.4 Å². The fraction of sp³-hybridized carbons (Fsp3) is 0.480. The molecule has 0 saturated heterocycles. The molecule has 2 aromatic heterocycles. The van der Waals surface area contributed by atoms with Crippen LogP contribution in [0.5, 0.6) is 0 Å². The number of aryl methyl sites for hydroxylation is 1. The molecular formula is C25H28FN7O2S. The maximum absolute atomic E-state index is 15.4. The SMILES string of the molecule is Cc1cc(C#N)cnc1C(=O)Nc1ccc(F)c([C@@]2(C)N=C(N)C(C)(C)[S@@]3(=O)=NCC4(CC4)C[C@@H]23)n1. The Labute approximate surface area is 209 Å². The monoisotopic (exact) mass is 509 g/mol. The van der Waals surface area contributed by atoms with Crippen LogP contribution >= 0.6 is 0 Å². The van der Waals surface area contributed by atoms with Crippen molar-refractivity contribution in [1.82, 2.24) is 9.97 Å². The fourth-order valence-corrected chi connectivity index (χ4v) is 8.58. The van der Waals surface area contributed by atoms with Crippen LogP contribution in [0.3, 0.4) is 0 Å². The minimum atomic E-state index is -2.92. The van der Waals surface area contributed by atoms with E-state index in [0.29, 0.717) is 24.1 Å². The van der Waals surface area contributed by atoms with Gasteiger partial charge in [-0.2, -0.15) is 5.26 Å². The number of nitrogens with one attached hydrogen (secondary N) is 1. The molecule has 3 atom stereocenters. The van der Waals surface area contributed by atoms with Gasteiger partial charge in [-0.3, -0.25) is 9.79 Å². The highest BCUT2D eigenvalue weighted by Gasteiger charge is 2.62. The van der Waals surface area contributed by atoms with Gasteiger partial charge < -0.3 is 11.1 Å². The molecular weight excluding hydrogens is 481 g/mol. The number of aromatic nitrogens is 2. The summed E-state index contributed by atoms with van der Waals surface area (Å²) in [7, 11) is -2.92. The molecule has 36 heavy (non-hydrogen) atoms. The number of carbonyl (C=O) groups excluding carboxylic acids is 1. The lowest BCUT2D eigenvalue weighted by Crippen LogP contribution is -2.61. The average Bonchev–Trinajstić information content (AvgIpc) is 3.59. The van der Waals surface area contributed by atoms with Crippen LogP contribution in [0.4, 0.5) is 10.2 Å². The maximum atomic E-state index is 15.4. The van der Waals surface area contributed by atoms with Crippen LogP contribution in [0.2, 0.25) is 0 Å². The number of halogens is 1. The maximum Gasteiger partial charge on any atom is 0.275 e. The lowest BCUT2D eigenvalue weighted by atomic mass is 9.85. The molecule has 1 amide bonds. The molecule has 2 aromatic rings. The van der Waals surface area contributed by atoms with Crippen LogP contribution in [-0.4, -0.2) is 42.5 Å². The number of hydrogen-bond donors (Lipinski definition) is 2. The number of rotatable bonds is 3. The molecule has 4 heterocycles. The number of amidine groups is 1. The summed E-state index contributed by atoms with van der Waals surface area (Å²) in [6.07, 6.45) is 3.88. The van der Waals surface area contributed by atoms with Gasteiger partial charge in [-0.05, 0) is 76.1 Å². The van der Waals surface area contributed by atoms with E-state index in [1.54, 1.807) is 33.8 Å². The summed E-state index contributed by atoms with van der Waals surface area (Å²) in [5.41, 5.74) is 5.94. The number of pyridine rings is 2. The third-order valence-corrected chi connectivity index (χ3v) is 11.5. The topological polar surface area (TPSA) is 146 Å². The Morgan fingerprint density at radius 1 is 1.31 bits per heavy atom. The smallest absolute Gasteiger partial charge is 0.275 e.